The molecule has 0 spiro atoms. The first-order valence-electron chi connectivity index (χ1n) is 38.4. The lowest BCUT2D eigenvalue weighted by Crippen LogP contribution is -2.16. The molecule has 4 aromatic carbocycles. The van der Waals surface area contributed by atoms with Crippen LogP contribution in [0.3, 0.4) is 0 Å². The average Bonchev–Trinajstić information content (AvgIpc) is 1.40. The number of nitrogens with zero attached hydrogens (tertiary/aromatic N) is 12. The number of halogens is 4. The topological polar surface area (TPSA) is 523 Å². The third-order valence-corrected chi connectivity index (χ3v) is 23.9. The van der Waals surface area contributed by atoms with Crippen molar-refractivity contribution in [1.82, 2.24) is 39.9 Å². The molecule has 0 aliphatic heterocycles. The second kappa shape index (κ2) is 33.7. The molecule has 0 radical (unpaired) electrons. The Morgan fingerprint density at radius 1 is 0.317 bits per heavy atom. The summed E-state index contributed by atoms with van der Waals surface area (Å²) in [5, 5.41) is 51.0. The molecule has 4 fully saturated rings. The quantitative estimate of drug-likeness (QED) is 0.0316. The fraction of sp³-hybridized carbons (Fsp3) is 0.273. The van der Waals surface area contributed by atoms with E-state index in [0.717, 1.165) is 0 Å². The molecule has 120 heavy (non-hydrogen) atoms. The van der Waals surface area contributed by atoms with Crippen molar-refractivity contribution < 1.29 is 36.7 Å². The van der Waals surface area contributed by atoms with E-state index in [-0.39, 0.29) is 140 Å². The lowest BCUT2D eigenvalue weighted by atomic mass is 9.97. The number of carbonyl (C=O) groups is 4. The molecule has 20 N–H and O–H groups in total. The number of nitrogens with one attached hydrogen (secondary N) is 4. The Balaban J connectivity index is 0.000000138. The van der Waals surface area contributed by atoms with Crippen LogP contribution in [0.15, 0.2) is 123 Å². The molecule has 12 atom stereocenters. The number of anilines is 12. The number of nitriles is 4. The molecule has 608 valence electrons. The van der Waals surface area contributed by atoms with Crippen LogP contribution < -0.4 is 67.1 Å². The summed E-state index contributed by atoms with van der Waals surface area (Å²) < 4.78 is 60.0. The molecular formula is C88H84F4N24O4. The zero-order chi connectivity index (χ0) is 86.3. The van der Waals surface area contributed by atoms with Crippen molar-refractivity contribution in [3.05, 3.63) is 168 Å². The molecule has 4 aliphatic carbocycles. The summed E-state index contributed by atoms with van der Waals surface area (Å²) in [5.41, 5.74) is 55.7. The number of pyridine rings is 8. The van der Waals surface area contributed by atoms with E-state index in [1.807, 2.05) is 27.7 Å². The molecule has 4 saturated carbocycles. The summed E-state index contributed by atoms with van der Waals surface area (Å²) >= 11 is 0. The number of fused-ring (bicyclic) bond motifs is 4. The summed E-state index contributed by atoms with van der Waals surface area (Å²) in [6.45, 7) is 15.0. The third-order valence-electron chi connectivity index (χ3n) is 23.9. The number of aromatic nitrogens is 8. The second-order valence-corrected chi connectivity index (χ2v) is 31.0. The highest BCUT2D eigenvalue weighted by Gasteiger charge is 2.54. The van der Waals surface area contributed by atoms with Gasteiger partial charge in [0.05, 0.1) is 94.6 Å². The van der Waals surface area contributed by atoms with Crippen LogP contribution in [-0.2, 0) is 19.2 Å². The summed E-state index contributed by atoms with van der Waals surface area (Å²) in [4.78, 5) is 83.2. The van der Waals surface area contributed by atoms with E-state index in [9.17, 15) is 36.7 Å². The molecule has 28 nitrogen and oxygen atoms in total. The van der Waals surface area contributed by atoms with Gasteiger partial charge in [0, 0.05) is 165 Å². The Kier molecular flexibility index (Phi) is 23.3. The Labute approximate surface area is 686 Å². The minimum absolute atomic E-state index is 0.0281. The fourth-order valence-electron chi connectivity index (χ4n) is 15.9. The molecule has 0 saturated heterocycles. The summed E-state index contributed by atoms with van der Waals surface area (Å²) in [6.07, 6.45) is 19.4. The lowest BCUT2D eigenvalue weighted by molar-refractivity contribution is -0.118. The van der Waals surface area contributed by atoms with Crippen LogP contribution in [0, 0.1) is 167 Å². The maximum Gasteiger partial charge on any atom is 0.229 e. The minimum atomic E-state index is -0.567. The maximum absolute atomic E-state index is 15.0. The van der Waals surface area contributed by atoms with Crippen LogP contribution in [0.2, 0.25) is 0 Å². The maximum atomic E-state index is 15.0. The normalized spacial score (nSPS) is 20.0. The fourth-order valence-corrected chi connectivity index (χ4v) is 15.9. The highest BCUT2D eigenvalue weighted by atomic mass is 19.1. The van der Waals surface area contributed by atoms with E-state index in [1.165, 1.54) is 49.6 Å². The number of amides is 4. The van der Waals surface area contributed by atoms with Crippen molar-refractivity contribution in [2.45, 2.75) is 81.1 Å². The van der Waals surface area contributed by atoms with Crippen molar-refractivity contribution in [1.29, 1.82) is 21.0 Å². The van der Waals surface area contributed by atoms with Gasteiger partial charge in [-0.1, -0.05) is 27.7 Å². The van der Waals surface area contributed by atoms with E-state index in [1.54, 1.807) is 101 Å². The first-order valence-corrected chi connectivity index (χ1v) is 38.4. The predicted octanol–water partition coefficient (Wildman–Crippen LogP) is 14.6. The van der Waals surface area contributed by atoms with E-state index >= 15 is 0 Å². The van der Waals surface area contributed by atoms with Gasteiger partial charge in [-0.3, -0.25) is 39.1 Å². The van der Waals surface area contributed by atoms with Gasteiger partial charge in [0.2, 0.25) is 23.6 Å². The Bertz CT molecular complexity index is 5640. The van der Waals surface area contributed by atoms with Crippen molar-refractivity contribution in [3.63, 3.8) is 0 Å². The van der Waals surface area contributed by atoms with E-state index in [0.29, 0.717) is 159 Å². The second-order valence-electron chi connectivity index (χ2n) is 31.0. The summed E-state index contributed by atoms with van der Waals surface area (Å²) in [7, 11) is 0. The summed E-state index contributed by atoms with van der Waals surface area (Å²) in [5.74, 6) is -1.36. The van der Waals surface area contributed by atoms with E-state index in [4.69, 9.17) is 66.9 Å². The van der Waals surface area contributed by atoms with Gasteiger partial charge in [-0.15, -0.1) is 0 Å². The largest absolute Gasteiger partial charge is 0.397 e. The van der Waals surface area contributed by atoms with Crippen LogP contribution in [0.4, 0.5) is 86.3 Å². The van der Waals surface area contributed by atoms with Crippen LogP contribution in [0.5, 0.6) is 0 Å². The molecule has 0 bridgehead atoms. The van der Waals surface area contributed by atoms with Gasteiger partial charge >= 0.3 is 0 Å². The van der Waals surface area contributed by atoms with Gasteiger partial charge in [-0.2, -0.15) is 21.0 Å². The van der Waals surface area contributed by atoms with Crippen molar-refractivity contribution in [2.24, 2.45) is 71.0 Å². The molecule has 8 heterocycles. The molecule has 32 heteroatoms. The first-order chi connectivity index (χ1) is 57.3. The standard InChI is InChI=1S/4C22H21FN6O/c4*1-10-15(7-27-9-17(10)25)14-5-12-6-18(28-8-16(12)21(26)20(14)23)29-22(30)19-11(2)13(19)3-4-24/h4*5-9,11,13,19H,3,25-26H2,1-2H3,(H,28,29,30)/t2*11-,13+,19+;2*11-,13-,19-/m1010/s1. The number of benzene rings is 4. The number of nitrogens with two attached hydrogens (primary N) is 8. The zero-order valence-electron chi connectivity index (χ0n) is 66.4. The molecular weight excluding hydrogens is 1530 g/mol. The van der Waals surface area contributed by atoms with E-state index < -0.39 is 23.3 Å². The average molecular weight is 1620 g/mol. The molecule has 0 unspecified atom stereocenters. The minimum Gasteiger partial charge on any atom is -0.397 e. The number of rotatable bonds is 16. The van der Waals surface area contributed by atoms with Crippen LogP contribution in [0.1, 0.15) is 75.6 Å². The molecule has 8 aromatic heterocycles. The summed E-state index contributed by atoms with van der Waals surface area (Å²) in [6, 6.07) is 21.7. The first kappa shape index (κ1) is 83.0. The number of hydrogen-bond donors (Lipinski definition) is 12. The van der Waals surface area contributed by atoms with Gasteiger partial charge in [0.15, 0.2) is 23.3 Å². The number of hydrogen-bond acceptors (Lipinski definition) is 24. The van der Waals surface area contributed by atoms with Crippen LogP contribution in [0.25, 0.3) is 87.6 Å². The smallest absolute Gasteiger partial charge is 0.229 e. The van der Waals surface area contributed by atoms with Crippen LogP contribution >= 0.6 is 0 Å². The van der Waals surface area contributed by atoms with Crippen molar-refractivity contribution in [2.75, 3.05) is 67.1 Å². The molecule has 4 aliphatic rings. The van der Waals surface area contributed by atoms with Gasteiger partial charge in [0.1, 0.15) is 23.3 Å². The zero-order valence-corrected chi connectivity index (χ0v) is 66.4. The van der Waals surface area contributed by atoms with Gasteiger partial charge in [0.25, 0.3) is 0 Å². The monoisotopic (exact) mass is 1620 g/mol. The Morgan fingerprint density at radius 3 is 0.692 bits per heavy atom. The van der Waals surface area contributed by atoms with Crippen molar-refractivity contribution in [3.8, 4) is 68.8 Å². The van der Waals surface area contributed by atoms with Crippen molar-refractivity contribution >= 4 is 135 Å². The molecule has 4 amide bonds. The third kappa shape index (κ3) is 16.3. The predicted molar refractivity (Wildman–Crippen MR) is 454 cm³/mol. The van der Waals surface area contributed by atoms with E-state index in [2.05, 4.69) is 85.4 Å². The lowest BCUT2D eigenvalue weighted by Gasteiger charge is -2.13. The Hall–Kier alpha value is -14.9. The number of carbonyl (C=O) groups excluding carboxylic acids is 4. The van der Waals surface area contributed by atoms with Gasteiger partial charge in [-0.05, 0) is 167 Å². The van der Waals surface area contributed by atoms with Crippen LogP contribution in [-0.4, -0.2) is 63.5 Å². The highest BCUT2D eigenvalue weighted by molar-refractivity contribution is 6.05. The molecule has 16 rings (SSSR count). The highest BCUT2D eigenvalue weighted by Crippen LogP contribution is 2.52. The molecule has 12 aromatic rings. The SMILES string of the molecule is Cc1c(N)cncc1-c1cc2cc(NC(=O)[C@@H]3[C@@H](C)[C@H]3CC#N)ncc2c(N)c1F.Cc1c(N)cncc1-c1cc2cc(NC(=O)[C@@H]3[C@H](C)[C@H]3CC#N)ncc2c(N)c1F.Cc1c(N)cncc1-c1cc2cc(NC(=O)[C@H]3[C@@H](C)[C@@H]3CC#N)ncc2c(N)c1F.Cc1c(N)cncc1-c1cc2cc(NC(=O)[C@H]3[C@H](C)[C@@H]3CC#N)ncc2c(N)c1F. The van der Waals surface area contributed by atoms with Gasteiger partial charge in [-0.25, -0.2) is 37.5 Å². The Morgan fingerprint density at radius 2 is 0.508 bits per heavy atom. The number of nitrogen functional groups attached to an aromatic ring is 8. The van der Waals surface area contributed by atoms with Gasteiger partial charge < -0.3 is 67.1 Å².